The van der Waals surface area contributed by atoms with Gasteiger partial charge in [-0.05, 0) is 16.8 Å². The SMILES string of the molecule is COC(=O)[C@@H](Cc1ccccc1[N+](=O)[O-])NC(=O)c1cccc2ccccc12. The van der Waals surface area contributed by atoms with Gasteiger partial charge >= 0.3 is 5.97 Å². The van der Waals surface area contributed by atoms with Gasteiger partial charge in [0, 0.05) is 23.6 Å². The molecule has 7 nitrogen and oxygen atoms in total. The first-order valence-electron chi connectivity index (χ1n) is 8.60. The van der Waals surface area contributed by atoms with Gasteiger partial charge in [-0.2, -0.15) is 0 Å². The van der Waals surface area contributed by atoms with Crippen molar-refractivity contribution in [2.24, 2.45) is 0 Å². The maximum atomic E-state index is 12.8. The molecule has 0 aliphatic carbocycles. The summed E-state index contributed by atoms with van der Waals surface area (Å²) in [6.07, 6.45) is -0.0552. The van der Waals surface area contributed by atoms with Crippen molar-refractivity contribution in [2.75, 3.05) is 7.11 Å². The summed E-state index contributed by atoms with van der Waals surface area (Å²) in [5, 5.41) is 15.5. The molecular formula is C21H18N2O5. The fourth-order valence-electron chi connectivity index (χ4n) is 3.08. The van der Waals surface area contributed by atoms with Crippen molar-refractivity contribution in [3.63, 3.8) is 0 Å². The highest BCUT2D eigenvalue weighted by Gasteiger charge is 2.26. The molecule has 28 heavy (non-hydrogen) atoms. The van der Waals surface area contributed by atoms with Crippen LogP contribution in [0.2, 0.25) is 0 Å². The number of para-hydroxylation sites is 1. The number of rotatable bonds is 6. The summed E-state index contributed by atoms with van der Waals surface area (Å²) < 4.78 is 4.79. The number of carbonyl (C=O) groups excluding carboxylic acids is 2. The lowest BCUT2D eigenvalue weighted by molar-refractivity contribution is -0.385. The number of hydrogen-bond donors (Lipinski definition) is 1. The van der Waals surface area contributed by atoms with Crippen molar-refractivity contribution in [1.29, 1.82) is 0 Å². The third-order valence-corrected chi connectivity index (χ3v) is 4.44. The van der Waals surface area contributed by atoms with E-state index in [1.54, 1.807) is 30.3 Å². The standard InChI is InChI=1S/C21H18N2O5/c1-28-21(25)18(13-15-8-3-5-12-19(15)23(26)27)22-20(24)17-11-6-9-14-7-2-4-10-16(14)17/h2-12,18H,13H2,1H3,(H,22,24)/t18-/m1/s1. The van der Waals surface area contributed by atoms with Gasteiger partial charge in [0.2, 0.25) is 0 Å². The summed E-state index contributed by atoms with van der Waals surface area (Å²) in [4.78, 5) is 35.8. The van der Waals surface area contributed by atoms with Crippen molar-refractivity contribution in [1.82, 2.24) is 5.32 Å². The number of hydrogen-bond acceptors (Lipinski definition) is 5. The number of nitro groups is 1. The zero-order chi connectivity index (χ0) is 20.1. The van der Waals surface area contributed by atoms with E-state index in [1.807, 2.05) is 30.3 Å². The Kier molecular flexibility index (Phi) is 5.64. The number of amides is 1. The molecule has 3 aromatic carbocycles. The molecule has 0 heterocycles. The summed E-state index contributed by atoms with van der Waals surface area (Å²) in [5.41, 5.74) is 0.631. The second-order valence-corrected chi connectivity index (χ2v) is 6.17. The van der Waals surface area contributed by atoms with Gasteiger partial charge in [0.15, 0.2) is 0 Å². The maximum absolute atomic E-state index is 12.8. The van der Waals surface area contributed by atoms with Crippen LogP contribution < -0.4 is 5.32 Å². The van der Waals surface area contributed by atoms with Crippen molar-refractivity contribution in [3.05, 3.63) is 88.0 Å². The Morgan fingerprint density at radius 2 is 1.71 bits per heavy atom. The van der Waals surface area contributed by atoms with Crippen molar-refractivity contribution in [3.8, 4) is 0 Å². The molecule has 0 aliphatic heterocycles. The Morgan fingerprint density at radius 3 is 2.46 bits per heavy atom. The van der Waals surface area contributed by atoms with E-state index < -0.39 is 22.8 Å². The number of nitro benzene ring substituents is 1. The lowest BCUT2D eigenvalue weighted by Crippen LogP contribution is -2.43. The fraction of sp³-hybridized carbons (Fsp3) is 0.143. The number of nitrogens with zero attached hydrogens (tertiary/aromatic N) is 1. The third kappa shape index (κ3) is 3.98. The number of carbonyl (C=O) groups is 2. The maximum Gasteiger partial charge on any atom is 0.328 e. The topological polar surface area (TPSA) is 98.5 Å². The Balaban J connectivity index is 1.90. The third-order valence-electron chi connectivity index (χ3n) is 4.44. The van der Waals surface area contributed by atoms with Gasteiger partial charge in [0.1, 0.15) is 6.04 Å². The molecule has 7 heteroatoms. The minimum atomic E-state index is -1.06. The Hall–Kier alpha value is -3.74. The zero-order valence-electron chi connectivity index (χ0n) is 15.1. The largest absolute Gasteiger partial charge is 0.467 e. The number of fused-ring (bicyclic) bond motifs is 1. The van der Waals surface area contributed by atoms with Gasteiger partial charge in [-0.1, -0.05) is 54.6 Å². The predicted octanol–water partition coefficient (Wildman–Crippen LogP) is 3.26. The van der Waals surface area contributed by atoms with Crippen molar-refractivity contribution < 1.29 is 19.2 Å². The first-order valence-corrected chi connectivity index (χ1v) is 8.60. The van der Waals surface area contributed by atoms with Crippen LogP contribution in [0.4, 0.5) is 5.69 Å². The van der Waals surface area contributed by atoms with Crippen LogP contribution in [0.25, 0.3) is 10.8 Å². The molecule has 0 radical (unpaired) electrons. The molecular weight excluding hydrogens is 360 g/mol. The lowest BCUT2D eigenvalue weighted by Gasteiger charge is -2.17. The van der Waals surface area contributed by atoms with Gasteiger partial charge in [0.05, 0.1) is 12.0 Å². The molecule has 0 saturated heterocycles. The fourth-order valence-corrected chi connectivity index (χ4v) is 3.08. The molecule has 142 valence electrons. The Labute approximate surface area is 161 Å². The molecule has 0 spiro atoms. The van der Waals surface area contributed by atoms with E-state index in [0.29, 0.717) is 11.1 Å². The van der Waals surface area contributed by atoms with Gasteiger partial charge < -0.3 is 10.1 Å². The number of benzene rings is 3. The minimum Gasteiger partial charge on any atom is -0.467 e. The van der Waals surface area contributed by atoms with E-state index in [4.69, 9.17) is 4.74 Å². The van der Waals surface area contributed by atoms with Crippen LogP contribution in [0, 0.1) is 10.1 Å². The van der Waals surface area contributed by atoms with Gasteiger partial charge in [-0.15, -0.1) is 0 Å². The molecule has 1 N–H and O–H groups in total. The molecule has 1 amide bonds. The lowest BCUT2D eigenvalue weighted by atomic mass is 10.0. The van der Waals surface area contributed by atoms with Crippen LogP contribution in [0.5, 0.6) is 0 Å². The molecule has 0 aliphatic rings. The summed E-state index contributed by atoms with van der Waals surface area (Å²) in [7, 11) is 1.21. The number of esters is 1. The van der Waals surface area contributed by atoms with Crippen LogP contribution >= 0.6 is 0 Å². The second-order valence-electron chi connectivity index (χ2n) is 6.17. The highest BCUT2D eigenvalue weighted by atomic mass is 16.6. The van der Waals surface area contributed by atoms with Gasteiger partial charge in [-0.25, -0.2) is 4.79 Å². The predicted molar refractivity (Wildman–Crippen MR) is 104 cm³/mol. The van der Waals surface area contributed by atoms with Crippen LogP contribution in [0.1, 0.15) is 15.9 Å². The van der Waals surface area contributed by atoms with E-state index in [-0.39, 0.29) is 12.1 Å². The Morgan fingerprint density at radius 1 is 1.04 bits per heavy atom. The highest BCUT2D eigenvalue weighted by Crippen LogP contribution is 2.21. The molecule has 1 atom stereocenters. The molecule has 3 aromatic rings. The van der Waals surface area contributed by atoms with Crippen molar-refractivity contribution >= 4 is 28.3 Å². The van der Waals surface area contributed by atoms with E-state index in [1.165, 1.54) is 13.2 Å². The summed E-state index contributed by atoms with van der Waals surface area (Å²) >= 11 is 0. The van der Waals surface area contributed by atoms with Crippen molar-refractivity contribution in [2.45, 2.75) is 12.5 Å². The summed E-state index contributed by atoms with van der Waals surface area (Å²) in [6, 6.07) is 17.7. The van der Waals surface area contributed by atoms with Gasteiger partial charge in [-0.3, -0.25) is 14.9 Å². The molecule has 0 saturated carbocycles. The average Bonchev–Trinajstić information content (AvgIpc) is 2.72. The zero-order valence-corrected chi connectivity index (χ0v) is 15.1. The quantitative estimate of drug-likeness (QED) is 0.403. The molecule has 0 unspecified atom stereocenters. The summed E-state index contributed by atoms with van der Waals surface area (Å²) in [6.45, 7) is 0. The monoisotopic (exact) mass is 378 g/mol. The van der Waals surface area contributed by atoms with E-state index >= 15 is 0 Å². The van der Waals surface area contributed by atoms with Gasteiger partial charge in [0.25, 0.3) is 11.6 Å². The molecule has 0 aromatic heterocycles. The van der Waals surface area contributed by atoms with E-state index in [9.17, 15) is 19.7 Å². The van der Waals surface area contributed by atoms with Crippen LogP contribution in [-0.4, -0.2) is 30.0 Å². The number of ether oxygens (including phenoxy) is 1. The normalized spacial score (nSPS) is 11.6. The second kappa shape index (κ2) is 8.30. The van der Waals surface area contributed by atoms with Crippen LogP contribution in [0.3, 0.4) is 0 Å². The van der Waals surface area contributed by atoms with Crippen LogP contribution in [0.15, 0.2) is 66.7 Å². The number of nitrogens with one attached hydrogen (secondary N) is 1. The molecule has 3 rings (SSSR count). The van der Waals surface area contributed by atoms with Crippen LogP contribution in [-0.2, 0) is 16.0 Å². The van der Waals surface area contributed by atoms with E-state index in [0.717, 1.165) is 10.8 Å². The number of methoxy groups -OCH3 is 1. The molecule has 0 bridgehead atoms. The van der Waals surface area contributed by atoms with E-state index in [2.05, 4.69) is 5.32 Å². The summed E-state index contributed by atoms with van der Waals surface area (Å²) in [5.74, 6) is -1.13. The smallest absolute Gasteiger partial charge is 0.328 e. The first kappa shape index (κ1) is 19.0. The highest BCUT2D eigenvalue weighted by molar-refractivity contribution is 6.08. The minimum absolute atomic E-state index is 0.0552. The Bertz CT molecular complexity index is 1040. The average molecular weight is 378 g/mol. The molecule has 0 fully saturated rings. The first-order chi connectivity index (χ1) is 13.5.